The van der Waals surface area contributed by atoms with Crippen molar-refractivity contribution in [2.75, 3.05) is 26.2 Å². The van der Waals surface area contributed by atoms with Crippen LogP contribution in [0.3, 0.4) is 0 Å². The molecule has 24 heavy (non-hydrogen) atoms. The zero-order chi connectivity index (χ0) is 17.0. The molecule has 1 fully saturated rings. The monoisotopic (exact) mass is 380 g/mol. The van der Waals surface area contributed by atoms with Crippen molar-refractivity contribution in [2.24, 2.45) is 11.7 Å². The molecule has 0 saturated carbocycles. The first kappa shape index (κ1) is 20.9. The summed E-state index contributed by atoms with van der Waals surface area (Å²) in [5, 5.41) is 3.63. The molecule has 138 valence electrons. The van der Waals surface area contributed by atoms with Gasteiger partial charge in [-0.3, -0.25) is 4.79 Å². The van der Waals surface area contributed by atoms with Crippen LogP contribution in [0.5, 0.6) is 0 Å². The second-order valence-corrected chi connectivity index (χ2v) is 8.18. The van der Waals surface area contributed by atoms with Crippen LogP contribution in [0.2, 0.25) is 0 Å². The van der Waals surface area contributed by atoms with E-state index in [1.165, 1.54) is 16.6 Å². The summed E-state index contributed by atoms with van der Waals surface area (Å²) in [6, 6.07) is 1.01. The average molecular weight is 381 g/mol. The molecule has 1 amide bonds. The Bertz CT molecular complexity index is 613. The summed E-state index contributed by atoms with van der Waals surface area (Å²) < 4.78 is 30.7. The SMILES string of the molecule is CC(C)C[C@H](N)C(=O)N1CCN(S(=O)(=O)Cc2ccon2)CC1.Cl. The normalized spacial score (nSPS) is 17.6. The summed E-state index contributed by atoms with van der Waals surface area (Å²) in [4.78, 5) is 13.9. The Balaban J connectivity index is 0.00000288. The molecule has 0 aliphatic carbocycles. The Morgan fingerprint density at radius 2 is 1.96 bits per heavy atom. The maximum atomic E-state index is 12.3. The van der Waals surface area contributed by atoms with Crippen LogP contribution >= 0.6 is 12.4 Å². The fraction of sp³-hybridized carbons (Fsp3) is 0.714. The molecule has 1 aliphatic heterocycles. The zero-order valence-corrected chi connectivity index (χ0v) is 15.6. The van der Waals surface area contributed by atoms with Gasteiger partial charge in [0.05, 0.1) is 11.7 Å². The highest BCUT2D eigenvalue weighted by Gasteiger charge is 2.31. The first-order chi connectivity index (χ1) is 10.8. The van der Waals surface area contributed by atoms with E-state index in [1.807, 2.05) is 13.8 Å². The fourth-order valence-corrected chi connectivity index (χ4v) is 4.04. The average Bonchev–Trinajstić information content (AvgIpc) is 2.98. The number of piperazine rings is 1. The summed E-state index contributed by atoms with van der Waals surface area (Å²) in [5.41, 5.74) is 6.30. The van der Waals surface area contributed by atoms with Crippen LogP contribution in [0.15, 0.2) is 16.9 Å². The second-order valence-electron chi connectivity index (χ2n) is 6.21. The van der Waals surface area contributed by atoms with Crippen LogP contribution in [-0.2, 0) is 20.6 Å². The van der Waals surface area contributed by atoms with Gasteiger partial charge in [-0.25, -0.2) is 8.42 Å². The van der Waals surface area contributed by atoms with Gasteiger partial charge in [-0.05, 0) is 12.3 Å². The molecule has 2 rings (SSSR count). The highest BCUT2D eigenvalue weighted by atomic mass is 35.5. The quantitative estimate of drug-likeness (QED) is 0.766. The van der Waals surface area contributed by atoms with E-state index in [0.29, 0.717) is 31.1 Å². The van der Waals surface area contributed by atoms with Gasteiger partial charge >= 0.3 is 0 Å². The minimum Gasteiger partial charge on any atom is -0.364 e. The number of sulfonamides is 1. The molecule has 1 aromatic rings. The maximum Gasteiger partial charge on any atom is 0.239 e. The number of hydrogen-bond acceptors (Lipinski definition) is 6. The summed E-state index contributed by atoms with van der Waals surface area (Å²) in [7, 11) is -3.45. The number of amides is 1. The lowest BCUT2D eigenvalue weighted by Gasteiger charge is -2.35. The number of nitrogens with two attached hydrogens (primary N) is 1. The van der Waals surface area contributed by atoms with Crippen molar-refractivity contribution in [3.05, 3.63) is 18.0 Å². The summed E-state index contributed by atoms with van der Waals surface area (Å²) in [6.45, 7) is 5.31. The number of aromatic nitrogens is 1. The lowest BCUT2D eigenvalue weighted by Crippen LogP contribution is -2.54. The van der Waals surface area contributed by atoms with Crippen LogP contribution in [0, 0.1) is 5.92 Å². The van der Waals surface area contributed by atoms with Crippen molar-refractivity contribution < 1.29 is 17.7 Å². The molecule has 8 nitrogen and oxygen atoms in total. The van der Waals surface area contributed by atoms with Gasteiger partial charge in [-0.1, -0.05) is 19.0 Å². The lowest BCUT2D eigenvalue weighted by atomic mass is 10.0. The molecular weight excluding hydrogens is 356 g/mol. The third-order valence-corrected chi connectivity index (χ3v) is 5.62. The third-order valence-electron chi connectivity index (χ3n) is 3.81. The van der Waals surface area contributed by atoms with Crippen LogP contribution in [0.1, 0.15) is 26.0 Å². The molecule has 10 heteroatoms. The second kappa shape index (κ2) is 8.80. The fourth-order valence-electron chi connectivity index (χ4n) is 2.62. The van der Waals surface area contributed by atoms with E-state index in [2.05, 4.69) is 9.68 Å². The van der Waals surface area contributed by atoms with Crippen molar-refractivity contribution in [1.82, 2.24) is 14.4 Å². The van der Waals surface area contributed by atoms with Gasteiger partial charge in [0.2, 0.25) is 15.9 Å². The molecule has 0 radical (unpaired) electrons. The molecule has 1 aromatic heterocycles. The standard InChI is InChI=1S/C14H24N4O4S.ClH/c1-11(2)9-13(15)14(19)17-4-6-18(7-5-17)23(20,21)10-12-3-8-22-16-12;/h3,8,11,13H,4-7,9-10,15H2,1-2H3;1H/t13-;/m0./s1. The largest absolute Gasteiger partial charge is 0.364 e. The minimum atomic E-state index is -3.45. The van der Waals surface area contributed by atoms with E-state index < -0.39 is 16.1 Å². The molecule has 1 aliphatic rings. The third kappa shape index (κ3) is 5.44. The Morgan fingerprint density at radius 3 is 2.46 bits per heavy atom. The topological polar surface area (TPSA) is 110 Å². The number of halogens is 1. The minimum absolute atomic E-state index is 0. The Hall–Kier alpha value is -1.16. The number of carbonyl (C=O) groups is 1. The Labute approximate surface area is 148 Å². The zero-order valence-electron chi connectivity index (χ0n) is 13.9. The highest BCUT2D eigenvalue weighted by Crippen LogP contribution is 2.14. The number of hydrogen-bond donors (Lipinski definition) is 1. The van der Waals surface area contributed by atoms with Gasteiger partial charge in [0.1, 0.15) is 12.0 Å². The van der Waals surface area contributed by atoms with Crippen molar-refractivity contribution in [2.45, 2.75) is 32.1 Å². The summed E-state index contributed by atoms with van der Waals surface area (Å²) in [6.07, 6.45) is 1.97. The van der Waals surface area contributed by atoms with Crippen molar-refractivity contribution in [3.8, 4) is 0 Å². The molecule has 1 atom stereocenters. The maximum absolute atomic E-state index is 12.3. The van der Waals surface area contributed by atoms with Gasteiger partial charge < -0.3 is 15.2 Å². The van der Waals surface area contributed by atoms with Gasteiger partial charge in [0.15, 0.2) is 0 Å². The van der Waals surface area contributed by atoms with Crippen molar-refractivity contribution in [3.63, 3.8) is 0 Å². The molecule has 2 heterocycles. The predicted molar refractivity (Wildman–Crippen MR) is 92.0 cm³/mol. The van der Waals surface area contributed by atoms with Gasteiger partial charge in [0, 0.05) is 32.2 Å². The molecule has 2 N–H and O–H groups in total. The summed E-state index contributed by atoms with van der Waals surface area (Å²) >= 11 is 0. The van der Waals surface area contributed by atoms with Crippen LogP contribution < -0.4 is 5.73 Å². The molecule has 0 unspecified atom stereocenters. The van der Waals surface area contributed by atoms with E-state index in [0.717, 1.165) is 0 Å². The van der Waals surface area contributed by atoms with Crippen LogP contribution in [0.25, 0.3) is 0 Å². The van der Waals surface area contributed by atoms with Crippen LogP contribution in [0.4, 0.5) is 0 Å². The van der Waals surface area contributed by atoms with Crippen molar-refractivity contribution in [1.29, 1.82) is 0 Å². The lowest BCUT2D eigenvalue weighted by molar-refractivity contribution is -0.134. The molecule has 0 spiro atoms. The Kier molecular flexibility index (Phi) is 7.65. The molecule has 0 bridgehead atoms. The summed E-state index contributed by atoms with van der Waals surface area (Å²) in [5.74, 6) is 0.0509. The van der Waals surface area contributed by atoms with Crippen molar-refractivity contribution >= 4 is 28.3 Å². The number of rotatable bonds is 6. The van der Waals surface area contributed by atoms with E-state index in [4.69, 9.17) is 5.73 Å². The predicted octanol–water partition coefficient (Wildman–Crippen LogP) is 0.444. The highest BCUT2D eigenvalue weighted by molar-refractivity contribution is 7.88. The number of carbonyl (C=O) groups excluding carboxylic acids is 1. The van der Waals surface area contributed by atoms with Gasteiger partial charge in [0.25, 0.3) is 0 Å². The molecule has 1 saturated heterocycles. The smallest absolute Gasteiger partial charge is 0.239 e. The van der Waals surface area contributed by atoms with E-state index >= 15 is 0 Å². The van der Waals surface area contributed by atoms with Gasteiger partial charge in [-0.2, -0.15) is 4.31 Å². The first-order valence-corrected chi connectivity index (χ1v) is 9.32. The molecular formula is C14H25ClN4O4S. The van der Waals surface area contributed by atoms with Crippen LogP contribution in [-0.4, -0.2) is 60.9 Å². The Morgan fingerprint density at radius 1 is 1.33 bits per heavy atom. The number of nitrogens with zero attached hydrogens (tertiary/aromatic N) is 3. The van der Waals surface area contributed by atoms with E-state index in [9.17, 15) is 13.2 Å². The molecule has 0 aromatic carbocycles. The van der Waals surface area contributed by atoms with E-state index in [1.54, 1.807) is 4.90 Å². The first-order valence-electron chi connectivity index (χ1n) is 7.71. The van der Waals surface area contributed by atoms with Gasteiger partial charge in [-0.15, -0.1) is 12.4 Å². The van der Waals surface area contributed by atoms with E-state index in [-0.39, 0.29) is 37.2 Å².